The predicted molar refractivity (Wildman–Crippen MR) is 353 cm³/mol. The van der Waals surface area contributed by atoms with E-state index in [0.717, 1.165) is 122 Å². The molecule has 0 bridgehead atoms. The van der Waals surface area contributed by atoms with Crippen molar-refractivity contribution >= 4 is 69.6 Å². The van der Waals surface area contributed by atoms with Crippen molar-refractivity contribution in [3.8, 4) is 0 Å². The van der Waals surface area contributed by atoms with Crippen LogP contribution in [0, 0.1) is 58.2 Å². The molecule has 0 atom stereocenters. The summed E-state index contributed by atoms with van der Waals surface area (Å²) in [5, 5.41) is 3.14. The van der Waals surface area contributed by atoms with Crippen LogP contribution in [-0.2, 0) is 51.4 Å². The maximum Gasteiger partial charge on any atom is 0.144 e. The zero-order chi connectivity index (χ0) is 66.1. The highest BCUT2D eigenvalue weighted by atomic mass is 35.5. The van der Waals surface area contributed by atoms with Gasteiger partial charge in [-0.05, 0) is 182 Å². The van der Waals surface area contributed by atoms with E-state index >= 15 is 0 Å². The molecule has 0 aliphatic carbocycles. The highest BCUT2D eigenvalue weighted by molar-refractivity contribution is 6.34. The van der Waals surface area contributed by atoms with Gasteiger partial charge >= 0.3 is 0 Å². The number of aryl methyl sites for hydroxylation is 6. The topological polar surface area (TPSA) is 0 Å². The second kappa shape index (κ2) is 46.8. The van der Waals surface area contributed by atoms with Gasteiger partial charge in [0.2, 0.25) is 0 Å². The van der Waals surface area contributed by atoms with Gasteiger partial charge in [-0.2, -0.15) is 0 Å². The van der Waals surface area contributed by atoms with Gasteiger partial charge in [0.15, 0.2) is 0 Å². The molecule has 8 aromatic rings. The molecule has 8 aromatic carbocycles. The second-order valence-corrected chi connectivity index (χ2v) is 22.5. The molecule has 0 fully saturated rings. The van der Waals surface area contributed by atoms with Gasteiger partial charge in [-0.25, -0.2) is 43.9 Å². The monoisotopic (exact) mass is 1340 g/mol. The maximum atomic E-state index is 13.1. The van der Waals surface area contributed by atoms with Gasteiger partial charge in [-0.15, -0.1) is 0 Å². The summed E-state index contributed by atoms with van der Waals surface area (Å²) in [6.45, 7) is 16.1. The Kier molecular flexibility index (Phi) is 43.0. The third-order valence-corrected chi connectivity index (χ3v) is 13.7. The van der Waals surface area contributed by atoms with E-state index in [2.05, 4.69) is 13.8 Å². The van der Waals surface area contributed by atoms with E-state index in [4.69, 9.17) is 69.6 Å². The summed E-state index contributed by atoms with van der Waals surface area (Å²) in [4.78, 5) is 0. The predicted octanol–water partition coefficient (Wildman–Crippen LogP) is 26.4. The lowest BCUT2D eigenvalue weighted by Crippen LogP contribution is -1.93. The molecule has 0 heterocycles. The van der Waals surface area contributed by atoms with Crippen LogP contribution < -0.4 is 0 Å². The number of halogens is 16. The molecule has 0 unspecified atom stereocenters. The van der Waals surface area contributed by atoms with Gasteiger partial charge < -0.3 is 0 Å². The Labute approximate surface area is 546 Å². The minimum atomic E-state index is -0.512. The maximum absolute atomic E-state index is 13.1. The summed E-state index contributed by atoms with van der Waals surface area (Å²) in [5.41, 5.74) is 5.80. The third kappa shape index (κ3) is 34.1. The molecule has 0 aliphatic heterocycles. The van der Waals surface area contributed by atoms with E-state index in [9.17, 15) is 43.9 Å². The quantitative estimate of drug-likeness (QED) is 0.0846. The van der Waals surface area contributed by atoms with Gasteiger partial charge in [0.05, 0.1) is 5.02 Å². The lowest BCUT2D eigenvalue weighted by Gasteiger charge is -2.02. The zero-order valence-corrected chi connectivity index (χ0v) is 55.8. The second-order valence-electron chi connectivity index (χ2n) is 19.9. The summed E-state index contributed by atoms with van der Waals surface area (Å²) >= 11 is 34.2. The van der Waals surface area contributed by atoms with Crippen LogP contribution in [0.2, 0.25) is 30.1 Å². The van der Waals surface area contributed by atoms with E-state index in [0.29, 0.717) is 51.0 Å². The molecule has 0 aliphatic rings. The summed E-state index contributed by atoms with van der Waals surface area (Å²) in [6.07, 6.45) is 13.5. The fourth-order valence-corrected chi connectivity index (χ4v) is 9.60. The lowest BCUT2D eigenvalue weighted by molar-refractivity contribution is 0.553. The summed E-state index contributed by atoms with van der Waals surface area (Å²) in [6, 6.07) is 36.3. The van der Waals surface area contributed by atoms with Gasteiger partial charge in [-0.1, -0.05) is 213 Å². The average molecular weight is 1350 g/mol. The molecule has 8 rings (SSSR count). The zero-order valence-electron chi connectivity index (χ0n) is 51.2. The Morgan fingerprint density at radius 1 is 0.250 bits per heavy atom. The van der Waals surface area contributed by atoms with Crippen molar-refractivity contribution in [2.45, 2.75) is 158 Å². The Balaban J connectivity index is 0.000000503. The first-order chi connectivity index (χ1) is 41.9. The van der Waals surface area contributed by atoms with Crippen molar-refractivity contribution in [2.24, 2.45) is 0 Å². The molecular formula is C72H80Cl6F10. The van der Waals surface area contributed by atoms with Crippen molar-refractivity contribution in [2.75, 3.05) is 0 Å². The number of benzene rings is 8. The largest absolute Gasteiger partial charge is 0.207 e. The van der Waals surface area contributed by atoms with Gasteiger partial charge in [0.25, 0.3) is 0 Å². The van der Waals surface area contributed by atoms with Crippen molar-refractivity contribution in [1.29, 1.82) is 0 Å². The first-order valence-electron chi connectivity index (χ1n) is 29.4. The van der Waals surface area contributed by atoms with Crippen molar-refractivity contribution in [3.05, 3.63) is 278 Å². The van der Waals surface area contributed by atoms with Crippen LogP contribution in [0.15, 0.2) is 146 Å². The summed E-state index contributed by atoms with van der Waals surface area (Å²) in [5.74, 6) is -3.72. The fourth-order valence-electron chi connectivity index (χ4n) is 8.17. The Morgan fingerprint density at radius 2 is 0.614 bits per heavy atom. The van der Waals surface area contributed by atoms with Crippen LogP contribution in [0.3, 0.4) is 0 Å². The van der Waals surface area contributed by atoms with Gasteiger partial charge in [-0.3, -0.25) is 0 Å². The number of rotatable bonds is 16. The minimum absolute atomic E-state index is 0.195. The molecule has 0 N–H and O–H groups in total. The van der Waals surface area contributed by atoms with Crippen molar-refractivity contribution in [3.63, 3.8) is 0 Å². The smallest absolute Gasteiger partial charge is 0.144 e. The molecule has 0 nitrogen and oxygen atoms in total. The van der Waals surface area contributed by atoms with Crippen LogP contribution in [0.4, 0.5) is 43.9 Å². The molecule has 0 spiro atoms. The molecule has 0 saturated carbocycles. The van der Waals surface area contributed by atoms with Gasteiger partial charge in [0.1, 0.15) is 58.2 Å². The molecule has 480 valence electrons. The normalized spacial score (nSPS) is 10.1. The Hall–Kier alpha value is -5.20. The number of hydrogen-bond donors (Lipinski definition) is 0. The van der Waals surface area contributed by atoms with Crippen LogP contribution in [0.5, 0.6) is 0 Å². The van der Waals surface area contributed by atoms with E-state index in [1.165, 1.54) is 72.3 Å². The van der Waals surface area contributed by atoms with Crippen molar-refractivity contribution in [1.82, 2.24) is 0 Å². The molecule has 0 aromatic heterocycles. The first-order valence-corrected chi connectivity index (χ1v) is 31.7. The summed E-state index contributed by atoms with van der Waals surface area (Å²) in [7, 11) is 0. The summed E-state index contributed by atoms with van der Waals surface area (Å²) < 4.78 is 127. The molecular weight excluding hydrogens is 1270 g/mol. The lowest BCUT2D eigenvalue weighted by atomic mass is 10.1. The minimum Gasteiger partial charge on any atom is -0.207 e. The van der Waals surface area contributed by atoms with Gasteiger partial charge in [0, 0.05) is 48.4 Å². The standard InChI is InChI=1S/C9H10Cl2.4C9H10ClF.3C9H10F2/c1-2-3-7-4-8(10)6-9(11)5-7;1-2-4-7-8(10)5-3-6-9(7)11;1-2-4-7-5-3-6-8(10)9(7)11;1-2-3-7-4-8(10)6-9(11)5-7;1-2-3-7-4-5-8(10)6-9(7)11;1-2-4-7-8(10)5-3-6-9(7)11;1-2-3-7-4-8(10)6-9(11)5-7;1-2-3-7-4-5-8(10)6-9(7)11/h4-6H,2-3H2,1H3;2*3,5-6H,2,4H2,1H3;2*4-6H,2-3H2,1H3;3,5-6H,2,4H2,1H3;2*4-6H,2-3H2,1H3. The Bertz CT molecular complexity index is 2910. The average Bonchev–Trinajstić information content (AvgIpc) is 3.48. The SMILES string of the molecule is CCCc1c(F)cccc1Cl.CCCc1c(F)cccc1F.CCCc1cc(Cl)cc(Cl)c1.CCCc1cc(F)cc(Cl)c1.CCCc1cc(F)cc(F)c1.CCCc1ccc(Cl)cc1F.CCCc1ccc(F)cc1F.CCCc1cccc(Cl)c1F. The van der Waals surface area contributed by atoms with Crippen molar-refractivity contribution < 1.29 is 43.9 Å². The molecule has 88 heavy (non-hydrogen) atoms. The van der Waals surface area contributed by atoms with Crippen LogP contribution in [0.25, 0.3) is 0 Å². The van der Waals surface area contributed by atoms with Crippen LogP contribution in [-0.4, -0.2) is 0 Å². The third-order valence-electron chi connectivity index (χ3n) is 12.1. The van der Waals surface area contributed by atoms with E-state index in [-0.39, 0.29) is 33.9 Å². The Morgan fingerprint density at radius 3 is 1.06 bits per heavy atom. The molecule has 0 amide bonds. The number of hydrogen-bond acceptors (Lipinski definition) is 0. The highest BCUT2D eigenvalue weighted by Crippen LogP contribution is 2.23. The van der Waals surface area contributed by atoms with E-state index in [1.54, 1.807) is 54.6 Å². The molecule has 16 heteroatoms. The molecule has 0 saturated heterocycles. The molecule has 0 radical (unpaired) electrons. The highest BCUT2D eigenvalue weighted by Gasteiger charge is 2.08. The van der Waals surface area contributed by atoms with E-state index in [1.807, 2.05) is 53.7 Å². The fraction of sp³-hybridized carbons (Fsp3) is 0.333. The first kappa shape index (κ1) is 80.8. The van der Waals surface area contributed by atoms with E-state index < -0.39 is 34.9 Å². The van der Waals surface area contributed by atoms with Crippen LogP contribution >= 0.6 is 69.6 Å². The van der Waals surface area contributed by atoms with Crippen LogP contribution in [0.1, 0.15) is 151 Å².